The van der Waals surface area contributed by atoms with Crippen molar-refractivity contribution in [3.05, 3.63) is 17.8 Å². The summed E-state index contributed by atoms with van der Waals surface area (Å²) >= 11 is 0. The van der Waals surface area contributed by atoms with E-state index in [1.165, 1.54) is 0 Å². The molecule has 98 valence electrons. The second kappa shape index (κ2) is 5.29. The summed E-state index contributed by atoms with van der Waals surface area (Å²) < 4.78 is 16.0. The Hall–Kier alpha value is -1.71. The Kier molecular flexibility index (Phi) is 3.75. The predicted octanol–water partition coefficient (Wildman–Crippen LogP) is 3.43. The van der Waals surface area contributed by atoms with Crippen LogP contribution in [0.4, 0.5) is 0 Å². The summed E-state index contributed by atoms with van der Waals surface area (Å²) in [4.78, 5) is 0. The summed E-state index contributed by atoms with van der Waals surface area (Å²) in [7, 11) is 3.22. The first-order valence-electron chi connectivity index (χ1n) is 6.16. The predicted molar refractivity (Wildman–Crippen MR) is 70.3 cm³/mol. The Labute approximate surface area is 107 Å². The minimum Gasteiger partial charge on any atom is -0.493 e. The van der Waals surface area contributed by atoms with Crippen molar-refractivity contribution in [3.8, 4) is 11.5 Å². The Morgan fingerprint density at radius 3 is 2.61 bits per heavy atom. The van der Waals surface area contributed by atoms with Gasteiger partial charge in [-0.3, -0.25) is 0 Å². The number of benzene rings is 1. The summed E-state index contributed by atoms with van der Waals surface area (Å²) in [5, 5.41) is 5.15. The number of nitrogens with zero attached hydrogens (tertiary/aromatic N) is 1. The Morgan fingerprint density at radius 2 is 2.00 bits per heavy atom. The zero-order chi connectivity index (χ0) is 13.1. The fourth-order valence-corrected chi connectivity index (χ4v) is 1.97. The molecule has 0 saturated carbocycles. The van der Waals surface area contributed by atoms with Crippen molar-refractivity contribution in [2.45, 2.75) is 26.7 Å². The molecule has 18 heavy (non-hydrogen) atoms. The topological polar surface area (TPSA) is 44.5 Å². The highest BCUT2D eigenvalue weighted by Gasteiger charge is 2.16. The zero-order valence-electron chi connectivity index (χ0n) is 11.3. The van der Waals surface area contributed by atoms with Crippen LogP contribution >= 0.6 is 0 Å². The average molecular weight is 249 g/mol. The highest BCUT2D eigenvalue weighted by atomic mass is 16.5. The maximum absolute atomic E-state index is 5.39. The molecular formula is C14H19NO3. The van der Waals surface area contributed by atoms with Gasteiger partial charge >= 0.3 is 0 Å². The van der Waals surface area contributed by atoms with Gasteiger partial charge in [0.2, 0.25) is 11.3 Å². The van der Waals surface area contributed by atoms with E-state index >= 15 is 0 Å². The number of fused-ring (bicyclic) bond motifs is 1. The molecule has 0 unspecified atom stereocenters. The molecule has 0 fully saturated rings. The molecule has 0 bridgehead atoms. The molecule has 0 aliphatic rings. The van der Waals surface area contributed by atoms with E-state index < -0.39 is 0 Å². The molecule has 0 aliphatic heterocycles. The lowest BCUT2D eigenvalue weighted by Crippen LogP contribution is -1.93. The molecule has 2 rings (SSSR count). The quantitative estimate of drug-likeness (QED) is 0.814. The standard InChI is InChI=1S/C14H19NO3/c1-9(2)5-7-11-10-6-8-12(16-3)14(17-4)13(10)18-15-11/h6,8-9H,5,7H2,1-4H3. The van der Waals surface area contributed by atoms with Crippen molar-refractivity contribution >= 4 is 11.0 Å². The molecule has 1 aromatic heterocycles. The van der Waals surface area contributed by atoms with Gasteiger partial charge in [-0.1, -0.05) is 19.0 Å². The smallest absolute Gasteiger partial charge is 0.212 e. The minimum absolute atomic E-state index is 0.610. The lowest BCUT2D eigenvalue weighted by Gasteiger charge is -2.06. The molecule has 0 N–H and O–H groups in total. The summed E-state index contributed by atoms with van der Waals surface area (Å²) in [6.07, 6.45) is 2.01. The van der Waals surface area contributed by atoms with Crippen molar-refractivity contribution in [2.75, 3.05) is 14.2 Å². The second-order valence-corrected chi connectivity index (χ2v) is 4.74. The molecule has 0 atom stereocenters. The van der Waals surface area contributed by atoms with Crippen molar-refractivity contribution < 1.29 is 14.0 Å². The van der Waals surface area contributed by atoms with Gasteiger partial charge in [-0.05, 0) is 30.9 Å². The molecule has 0 radical (unpaired) electrons. The summed E-state index contributed by atoms with van der Waals surface area (Å²) in [6.45, 7) is 4.40. The monoisotopic (exact) mass is 249 g/mol. The number of hydrogen-bond acceptors (Lipinski definition) is 4. The first-order chi connectivity index (χ1) is 8.67. The highest BCUT2D eigenvalue weighted by molar-refractivity contribution is 5.87. The van der Waals surface area contributed by atoms with E-state index in [-0.39, 0.29) is 0 Å². The maximum atomic E-state index is 5.39. The summed E-state index contributed by atoms with van der Waals surface area (Å²) in [5.41, 5.74) is 1.65. The minimum atomic E-state index is 0.610. The normalized spacial score (nSPS) is 11.2. The van der Waals surface area contributed by atoms with E-state index in [0.717, 1.165) is 23.9 Å². The van der Waals surface area contributed by atoms with Crippen molar-refractivity contribution in [1.29, 1.82) is 0 Å². The van der Waals surface area contributed by atoms with Gasteiger partial charge in [0.15, 0.2) is 5.75 Å². The van der Waals surface area contributed by atoms with Crippen LogP contribution in [-0.4, -0.2) is 19.4 Å². The van der Waals surface area contributed by atoms with Crippen LogP contribution in [0.15, 0.2) is 16.7 Å². The van der Waals surface area contributed by atoms with Crippen LogP contribution in [0.2, 0.25) is 0 Å². The van der Waals surface area contributed by atoms with E-state index in [4.69, 9.17) is 14.0 Å². The van der Waals surface area contributed by atoms with Crippen molar-refractivity contribution in [1.82, 2.24) is 5.16 Å². The summed E-state index contributed by atoms with van der Waals surface area (Å²) in [6, 6.07) is 3.86. The number of aromatic nitrogens is 1. The third-order valence-electron chi connectivity index (χ3n) is 3.02. The number of ether oxygens (including phenoxy) is 2. The van der Waals surface area contributed by atoms with Crippen molar-refractivity contribution in [3.63, 3.8) is 0 Å². The van der Waals surface area contributed by atoms with Gasteiger partial charge in [0.25, 0.3) is 0 Å². The zero-order valence-corrected chi connectivity index (χ0v) is 11.3. The van der Waals surface area contributed by atoms with Crippen LogP contribution in [0, 0.1) is 5.92 Å². The third-order valence-corrected chi connectivity index (χ3v) is 3.02. The molecular weight excluding hydrogens is 230 g/mol. The molecule has 0 amide bonds. The van der Waals surface area contributed by atoms with Crippen LogP contribution in [0.3, 0.4) is 0 Å². The van der Waals surface area contributed by atoms with Gasteiger partial charge in [0.1, 0.15) is 0 Å². The number of methoxy groups -OCH3 is 2. The first kappa shape index (κ1) is 12.7. The molecule has 0 spiro atoms. The molecule has 0 saturated heterocycles. The van der Waals surface area contributed by atoms with Crippen LogP contribution in [0.25, 0.3) is 11.0 Å². The van der Waals surface area contributed by atoms with Gasteiger partial charge in [0.05, 0.1) is 19.9 Å². The lowest BCUT2D eigenvalue weighted by molar-refractivity contribution is 0.347. The van der Waals surface area contributed by atoms with Crippen LogP contribution in [0.5, 0.6) is 11.5 Å². The highest BCUT2D eigenvalue weighted by Crippen LogP contribution is 2.36. The Bertz CT molecular complexity index is 531. The van der Waals surface area contributed by atoms with Gasteiger partial charge in [-0.25, -0.2) is 0 Å². The van der Waals surface area contributed by atoms with Crippen LogP contribution < -0.4 is 9.47 Å². The number of aryl methyl sites for hydroxylation is 1. The summed E-state index contributed by atoms with van der Waals surface area (Å²) in [5.74, 6) is 1.92. The molecule has 1 aromatic carbocycles. The fourth-order valence-electron chi connectivity index (χ4n) is 1.97. The number of rotatable bonds is 5. The average Bonchev–Trinajstić information content (AvgIpc) is 2.78. The van der Waals surface area contributed by atoms with E-state index in [2.05, 4.69) is 19.0 Å². The lowest BCUT2D eigenvalue weighted by atomic mass is 10.0. The third kappa shape index (κ3) is 2.28. The SMILES string of the molecule is COc1ccc2c(CCC(C)C)noc2c1OC. The number of hydrogen-bond donors (Lipinski definition) is 0. The van der Waals surface area contributed by atoms with Gasteiger partial charge in [0, 0.05) is 5.39 Å². The van der Waals surface area contributed by atoms with Gasteiger partial charge < -0.3 is 14.0 Å². The van der Waals surface area contributed by atoms with Crippen LogP contribution in [0.1, 0.15) is 26.0 Å². The maximum Gasteiger partial charge on any atom is 0.212 e. The van der Waals surface area contributed by atoms with E-state index in [0.29, 0.717) is 23.0 Å². The van der Waals surface area contributed by atoms with Gasteiger partial charge in [-0.2, -0.15) is 0 Å². The molecule has 4 nitrogen and oxygen atoms in total. The molecule has 0 aliphatic carbocycles. The fraction of sp³-hybridized carbons (Fsp3) is 0.500. The van der Waals surface area contributed by atoms with E-state index in [9.17, 15) is 0 Å². The van der Waals surface area contributed by atoms with Crippen molar-refractivity contribution in [2.24, 2.45) is 5.92 Å². The van der Waals surface area contributed by atoms with E-state index in [1.807, 2.05) is 12.1 Å². The second-order valence-electron chi connectivity index (χ2n) is 4.74. The first-order valence-corrected chi connectivity index (χ1v) is 6.16. The molecule has 4 heteroatoms. The molecule has 1 heterocycles. The van der Waals surface area contributed by atoms with Crippen LogP contribution in [-0.2, 0) is 6.42 Å². The van der Waals surface area contributed by atoms with E-state index in [1.54, 1.807) is 14.2 Å². The van der Waals surface area contributed by atoms with Gasteiger partial charge in [-0.15, -0.1) is 0 Å². The Morgan fingerprint density at radius 1 is 1.22 bits per heavy atom. The largest absolute Gasteiger partial charge is 0.493 e. The Balaban J connectivity index is 2.41. The molecule has 2 aromatic rings.